The lowest BCUT2D eigenvalue weighted by Gasteiger charge is -2.08. The molecule has 2 aromatic carbocycles. The lowest BCUT2D eigenvalue weighted by molar-refractivity contribution is 0.828. The molecule has 0 amide bonds. The number of hydrogen-bond donors (Lipinski definition) is 2. The number of nitrogens with one attached hydrogen (secondary N) is 1. The fraction of sp³-hybridized carbons (Fsp3) is 0. The molecule has 0 atom stereocenters. The summed E-state index contributed by atoms with van der Waals surface area (Å²) < 4.78 is 0.932. The van der Waals surface area contributed by atoms with Gasteiger partial charge in [0.15, 0.2) is 5.69 Å². The maximum Gasteiger partial charge on any atom is 0.299 e. The van der Waals surface area contributed by atoms with E-state index in [2.05, 4.69) is 15.5 Å². The van der Waals surface area contributed by atoms with E-state index >= 15 is 0 Å². The molecule has 0 aliphatic rings. The van der Waals surface area contributed by atoms with Gasteiger partial charge in [-0.25, -0.2) is 0 Å². The first kappa shape index (κ1) is 15.8. The summed E-state index contributed by atoms with van der Waals surface area (Å²) in [5, 5.41) is 11.5. The van der Waals surface area contributed by atoms with E-state index in [0.29, 0.717) is 5.02 Å². The molecule has 0 unspecified atom stereocenters. The van der Waals surface area contributed by atoms with Gasteiger partial charge in [-0.1, -0.05) is 48.0 Å². The number of nitrogens with zero attached hydrogens (tertiary/aromatic N) is 3. The van der Waals surface area contributed by atoms with E-state index < -0.39 is 5.56 Å². The van der Waals surface area contributed by atoms with Gasteiger partial charge in [0.1, 0.15) is 0 Å². The van der Waals surface area contributed by atoms with Crippen molar-refractivity contribution in [3.8, 4) is 0 Å². The first-order chi connectivity index (χ1) is 11.6. The quantitative estimate of drug-likeness (QED) is 0.714. The Bertz CT molecular complexity index is 920. The van der Waals surface area contributed by atoms with Crippen LogP contribution in [0.5, 0.6) is 0 Å². The van der Waals surface area contributed by atoms with Gasteiger partial charge in [-0.05, 0) is 35.9 Å². The number of para-hydroxylation sites is 1. The number of hydrogen-bond acceptors (Lipinski definition) is 5. The van der Waals surface area contributed by atoms with E-state index in [1.165, 1.54) is 0 Å². The van der Waals surface area contributed by atoms with Crippen LogP contribution >= 0.6 is 11.6 Å². The van der Waals surface area contributed by atoms with Gasteiger partial charge in [-0.3, -0.25) is 4.79 Å². The van der Waals surface area contributed by atoms with E-state index in [-0.39, 0.29) is 11.6 Å². The molecular formula is C17H14ClN5O. The Kier molecular flexibility index (Phi) is 4.58. The Labute approximate surface area is 143 Å². The highest BCUT2D eigenvalue weighted by molar-refractivity contribution is 6.30. The minimum absolute atomic E-state index is 0.145. The molecular weight excluding hydrogens is 326 g/mol. The molecule has 3 rings (SSSR count). The Morgan fingerprint density at radius 1 is 1.00 bits per heavy atom. The average molecular weight is 340 g/mol. The van der Waals surface area contributed by atoms with Crippen LogP contribution in [0.3, 0.4) is 0 Å². The van der Waals surface area contributed by atoms with Crippen molar-refractivity contribution in [1.82, 2.24) is 14.9 Å². The number of rotatable bonds is 4. The predicted molar refractivity (Wildman–Crippen MR) is 96.5 cm³/mol. The lowest BCUT2D eigenvalue weighted by Crippen LogP contribution is -2.32. The number of anilines is 2. The summed E-state index contributed by atoms with van der Waals surface area (Å²) in [5.41, 5.74) is 1.34. The van der Waals surface area contributed by atoms with Gasteiger partial charge >= 0.3 is 0 Å². The first-order valence-electron chi connectivity index (χ1n) is 7.14. The third kappa shape index (κ3) is 3.61. The zero-order valence-electron chi connectivity index (χ0n) is 12.6. The highest BCUT2D eigenvalue weighted by Gasteiger charge is 2.08. The van der Waals surface area contributed by atoms with Crippen LogP contribution < -0.4 is 16.7 Å². The van der Waals surface area contributed by atoms with E-state index in [0.717, 1.165) is 15.9 Å². The molecule has 0 aliphatic heterocycles. The molecule has 7 heteroatoms. The maximum absolute atomic E-state index is 12.3. The maximum atomic E-state index is 12.3. The van der Waals surface area contributed by atoms with Crippen molar-refractivity contribution in [3.63, 3.8) is 0 Å². The van der Waals surface area contributed by atoms with Crippen molar-refractivity contribution in [2.75, 3.05) is 11.2 Å². The third-order valence-electron chi connectivity index (χ3n) is 3.25. The second kappa shape index (κ2) is 6.97. The Morgan fingerprint density at radius 2 is 1.71 bits per heavy atom. The molecule has 6 nitrogen and oxygen atoms in total. The average Bonchev–Trinajstić information content (AvgIpc) is 2.61. The van der Waals surface area contributed by atoms with Crippen molar-refractivity contribution in [2.45, 2.75) is 0 Å². The number of nitrogen functional groups attached to an aromatic ring is 1. The fourth-order valence-electron chi connectivity index (χ4n) is 2.00. The van der Waals surface area contributed by atoms with E-state index in [1.807, 2.05) is 42.5 Å². The van der Waals surface area contributed by atoms with Crippen LogP contribution in [-0.4, -0.2) is 14.9 Å². The van der Waals surface area contributed by atoms with Crippen molar-refractivity contribution < 1.29 is 0 Å². The lowest BCUT2D eigenvalue weighted by atomic mass is 10.2. The van der Waals surface area contributed by atoms with Gasteiger partial charge in [0.05, 0.1) is 0 Å². The van der Waals surface area contributed by atoms with Crippen LogP contribution in [-0.2, 0) is 0 Å². The normalized spacial score (nSPS) is 10.9. The van der Waals surface area contributed by atoms with Crippen molar-refractivity contribution in [3.05, 3.63) is 81.2 Å². The number of benzene rings is 2. The van der Waals surface area contributed by atoms with E-state index in [1.54, 1.807) is 24.3 Å². The Balaban J connectivity index is 1.84. The molecule has 1 heterocycles. The molecule has 0 aliphatic carbocycles. The number of aromatic nitrogens is 3. The van der Waals surface area contributed by atoms with Crippen LogP contribution in [0, 0.1) is 0 Å². The van der Waals surface area contributed by atoms with Crippen LogP contribution in [0.2, 0.25) is 5.02 Å². The topological polar surface area (TPSA) is 85.8 Å². The fourth-order valence-corrected chi connectivity index (χ4v) is 2.13. The molecule has 0 bridgehead atoms. The highest BCUT2D eigenvalue weighted by atomic mass is 35.5. The minimum Gasteiger partial charge on any atom is -0.333 e. The molecule has 0 radical (unpaired) electrons. The SMILES string of the molecule is Nn1c(Nc2ccccc2)nnc(/C=C/c2ccc(Cl)cc2)c1=O. The summed E-state index contributed by atoms with van der Waals surface area (Å²) in [4.78, 5) is 12.3. The van der Waals surface area contributed by atoms with E-state index in [9.17, 15) is 4.79 Å². The minimum atomic E-state index is -0.450. The zero-order chi connectivity index (χ0) is 16.9. The summed E-state index contributed by atoms with van der Waals surface area (Å²) >= 11 is 5.84. The van der Waals surface area contributed by atoms with Crippen LogP contribution in [0.4, 0.5) is 11.6 Å². The van der Waals surface area contributed by atoms with Crippen molar-refractivity contribution >= 4 is 35.4 Å². The van der Waals surface area contributed by atoms with Crippen molar-refractivity contribution in [2.24, 2.45) is 0 Å². The standard InChI is InChI=1S/C17H14ClN5O/c18-13-9-6-12(7-10-13)8-11-15-16(24)23(19)17(22-21-15)20-14-4-2-1-3-5-14/h1-11H,19H2,(H,20,22)/b11-8+. The summed E-state index contributed by atoms with van der Waals surface area (Å²) in [6, 6.07) is 16.5. The van der Waals surface area contributed by atoms with Gasteiger partial charge in [-0.2, -0.15) is 4.68 Å². The number of nitrogens with two attached hydrogens (primary N) is 1. The molecule has 0 saturated heterocycles. The van der Waals surface area contributed by atoms with E-state index in [4.69, 9.17) is 17.4 Å². The molecule has 0 spiro atoms. The Hall–Kier alpha value is -3.12. The van der Waals surface area contributed by atoms with Gasteiger partial charge < -0.3 is 11.2 Å². The molecule has 120 valence electrons. The zero-order valence-corrected chi connectivity index (χ0v) is 13.3. The van der Waals surface area contributed by atoms with Crippen LogP contribution in [0.1, 0.15) is 11.3 Å². The summed E-state index contributed by atoms with van der Waals surface area (Å²) in [6.07, 6.45) is 3.31. The third-order valence-corrected chi connectivity index (χ3v) is 3.50. The van der Waals surface area contributed by atoms with Crippen molar-refractivity contribution in [1.29, 1.82) is 0 Å². The van der Waals surface area contributed by atoms with Crippen LogP contribution in [0.25, 0.3) is 12.2 Å². The molecule has 1 aromatic heterocycles. The second-order valence-electron chi connectivity index (χ2n) is 4.96. The largest absolute Gasteiger partial charge is 0.333 e. The molecule has 0 saturated carbocycles. The predicted octanol–water partition coefficient (Wildman–Crippen LogP) is 2.92. The smallest absolute Gasteiger partial charge is 0.299 e. The first-order valence-corrected chi connectivity index (χ1v) is 7.52. The summed E-state index contributed by atoms with van der Waals surface area (Å²) in [7, 11) is 0. The highest BCUT2D eigenvalue weighted by Crippen LogP contribution is 2.12. The van der Waals surface area contributed by atoms with Gasteiger partial charge in [0.2, 0.25) is 5.95 Å². The molecule has 3 aromatic rings. The molecule has 24 heavy (non-hydrogen) atoms. The monoisotopic (exact) mass is 339 g/mol. The van der Waals surface area contributed by atoms with Gasteiger partial charge in [0, 0.05) is 10.7 Å². The molecule has 3 N–H and O–H groups in total. The Morgan fingerprint density at radius 3 is 2.42 bits per heavy atom. The van der Waals surface area contributed by atoms with Gasteiger partial charge in [-0.15, -0.1) is 10.2 Å². The number of halogens is 1. The summed E-state index contributed by atoms with van der Waals surface area (Å²) in [6.45, 7) is 0. The van der Waals surface area contributed by atoms with Crippen LogP contribution in [0.15, 0.2) is 59.4 Å². The molecule has 0 fully saturated rings. The summed E-state index contributed by atoms with van der Waals surface area (Å²) in [5.74, 6) is 5.97. The van der Waals surface area contributed by atoms with Gasteiger partial charge in [0.25, 0.3) is 5.56 Å². The second-order valence-corrected chi connectivity index (χ2v) is 5.40.